The highest BCUT2D eigenvalue weighted by atomic mass is 16.7. The van der Waals surface area contributed by atoms with Gasteiger partial charge in [-0.15, -0.1) is 0 Å². The lowest BCUT2D eigenvalue weighted by Gasteiger charge is -2.24. The maximum absolute atomic E-state index is 12.2. The van der Waals surface area contributed by atoms with Crippen LogP contribution in [0.2, 0.25) is 0 Å². The SMILES string of the molecule is C[C@H](OCc1ccccc1)[C@@H]1ON(Cc2ccccc2)[C@@H]2C(=O)OC[C@@H]12. The van der Waals surface area contributed by atoms with Gasteiger partial charge < -0.3 is 9.47 Å². The highest BCUT2D eigenvalue weighted by Crippen LogP contribution is 2.36. The Morgan fingerprint density at radius 1 is 1.08 bits per heavy atom. The van der Waals surface area contributed by atoms with Crippen LogP contribution in [0.1, 0.15) is 18.1 Å². The molecule has 0 amide bonds. The van der Waals surface area contributed by atoms with E-state index < -0.39 is 0 Å². The minimum atomic E-state index is -0.358. The maximum Gasteiger partial charge on any atom is 0.326 e. The molecule has 0 saturated carbocycles. The molecule has 4 rings (SSSR count). The summed E-state index contributed by atoms with van der Waals surface area (Å²) in [7, 11) is 0. The molecule has 0 bridgehead atoms. The third-order valence-corrected chi connectivity index (χ3v) is 5.05. The molecule has 0 N–H and O–H groups in total. The molecule has 0 radical (unpaired) electrons. The summed E-state index contributed by atoms with van der Waals surface area (Å²) in [6.45, 7) is 3.46. The van der Waals surface area contributed by atoms with Crippen molar-refractivity contribution in [2.75, 3.05) is 6.61 Å². The molecule has 2 heterocycles. The molecule has 2 fully saturated rings. The van der Waals surface area contributed by atoms with E-state index in [0.29, 0.717) is 19.8 Å². The number of rotatable bonds is 6. The van der Waals surface area contributed by atoms with Crippen molar-refractivity contribution in [3.8, 4) is 0 Å². The molecule has 0 spiro atoms. The normalized spacial score (nSPS) is 26.5. The number of hydroxylamine groups is 2. The minimum absolute atomic E-state index is 0.00279. The molecule has 2 aromatic carbocycles. The lowest BCUT2D eigenvalue weighted by Crippen LogP contribution is -2.35. The number of carbonyl (C=O) groups is 1. The topological polar surface area (TPSA) is 48.0 Å². The van der Waals surface area contributed by atoms with E-state index in [2.05, 4.69) is 0 Å². The van der Waals surface area contributed by atoms with Gasteiger partial charge in [0.1, 0.15) is 12.1 Å². The zero-order valence-electron chi connectivity index (χ0n) is 14.8. The third kappa shape index (κ3) is 3.51. The van der Waals surface area contributed by atoms with Gasteiger partial charge in [0.15, 0.2) is 0 Å². The Labute approximate surface area is 153 Å². The van der Waals surface area contributed by atoms with Crippen molar-refractivity contribution in [1.82, 2.24) is 5.06 Å². The van der Waals surface area contributed by atoms with Crippen LogP contribution >= 0.6 is 0 Å². The number of hydrogen-bond donors (Lipinski definition) is 0. The van der Waals surface area contributed by atoms with Crippen molar-refractivity contribution in [2.45, 2.75) is 38.3 Å². The molecule has 0 aromatic heterocycles. The smallest absolute Gasteiger partial charge is 0.326 e. The molecule has 5 heteroatoms. The monoisotopic (exact) mass is 353 g/mol. The lowest BCUT2D eigenvalue weighted by atomic mass is 9.94. The summed E-state index contributed by atoms with van der Waals surface area (Å²) in [5, 5.41) is 1.77. The number of benzene rings is 2. The maximum atomic E-state index is 12.2. The van der Waals surface area contributed by atoms with E-state index in [1.54, 1.807) is 5.06 Å². The molecular weight excluding hydrogens is 330 g/mol. The highest BCUT2D eigenvalue weighted by Gasteiger charge is 2.54. The Bertz CT molecular complexity index is 736. The number of fused-ring (bicyclic) bond motifs is 1. The zero-order valence-corrected chi connectivity index (χ0v) is 14.8. The van der Waals surface area contributed by atoms with Gasteiger partial charge >= 0.3 is 5.97 Å². The first-order chi connectivity index (χ1) is 12.7. The van der Waals surface area contributed by atoms with Crippen LogP contribution < -0.4 is 0 Å². The lowest BCUT2D eigenvalue weighted by molar-refractivity contribution is -0.208. The fourth-order valence-electron chi connectivity index (χ4n) is 3.66. The summed E-state index contributed by atoms with van der Waals surface area (Å²) in [5.74, 6) is -0.208. The first kappa shape index (κ1) is 17.2. The quantitative estimate of drug-likeness (QED) is 0.748. The van der Waals surface area contributed by atoms with Crippen molar-refractivity contribution in [1.29, 1.82) is 0 Å². The molecule has 0 aliphatic carbocycles. The van der Waals surface area contributed by atoms with Crippen LogP contribution in [-0.4, -0.2) is 35.9 Å². The fraction of sp³-hybridized carbons (Fsp3) is 0.381. The molecule has 2 aromatic rings. The predicted octanol–water partition coefficient (Wildman–Crippen LogP) is 2.95. The van der Waals surface area contributed by atoms with Gasteiger partial charge in [-0.2, -0.15) is 5.06 Å². The van der Waals surface area contributed by atoms with Crippen molar-refractivity contribution < 1.29 is 19.1 Å². The molecule has 5 nitrogen and oxygen atoms in total. The largest absolute Gasteiger partial charge is 0.464 e. The summed E-state index contributed by atoms with van der Waals surface area (Å²) in [5.41, 5.74) is 2.22. The van der Waals surface area contributed by atoms with Gasteiger partial charge in [0.2, 0.25) is 0 Å². The average molecular weight is 353 g/mol. The third-order valence-electron chi connectivity index (χ3n) is 5.05. The van der Waals surface area contributed by atoms with E-state index in [-0.39, 0.29) is 30.1 Å². The Hall–Kier alpha value is -2.21. The molecule has 0 unspecified atom stereocenters. The van der Waals surface area contributed by atoms with E-state index in [1.165, 1.54) is 0 Å². The first-order valence-electron chi connectivity index (χ1n) is 9.02. The molecule has 26 heavy (non-hydrogen) atoms. The Kier molecular flexibility index (Phi) is 5.02. The van der Waals surface area contributed by atoms with Crippen molar-refractivity contribution in [2.24, 2.45) is 5.92 Å². The van der Waals surface area contributed by atoms with Crippen molar-refractivity contribution in [3.63, 3.8) is 0 Å². The highest BCUT2D eigenvalue weighted by molar-refractivity contribution is 5.78. The van der Waals surface area contributed by atoms with E-state index >= 15 is 0 Å². The zero-order chi connectivity index (χ0) is 17.9. The van der Waals surface area contributed by atoms with Gasteiger partial charge in [0.25, 0.3) is 0 Å². The van der Waals surface area contributed by atoms with Crippen LogP contribution in [0.15, 0.2) is 60.7 Å². The number of esters is 1. The Morgan fingerprint density at radius 2 is 1.73 bits per heavy atom. The van der Waals surface area contributed by atoms with Gasteiger partial charge in [-0.1, -0.05) is 60.7 Å². The average Bonchev–Trinajstić information content (AvgIpc) is 3.23. The van der Waals surface area contributed by atoms with Crippen LogP contribution in [0, 0.1) is 5.92 Å². The van der Waals surface area contributed by atoms with Gasteiger partial charge in [0, 0.05) is 0 Å². The Morgan fingerprint density at radius 3 is 2.42 bits per heavy atom. The number of nitrogens with zero attached hydrogens (tertiary/aromatic N) is 1. The number of hydrogen-bond acceptors (Lipinski definition) is 5. The van der Waals surface area contributed by atoms with Crippen LogP contribution in [-0.2, 0) is 32.3 Å². The molecular formula is C21H23NO4. The van der Waals surface area contributed by atoms with Gasteiger partial charge in [-0.25, -0.2) is 0 Å². The van der Waals surface area contributed by atoms with Crippen molar-refractivity contribution in [3.05, 3.63) is 71.8 Å². The molecule has 4 atom stereocenters. The van der Waals surface area contributed by atoms with Crippen LogP contribution in [0.3, 0.4) is 0 Å². The van der Waals surface area contributed by atoms with Crippen LogP contribution in [0.5, 0.6) is 0 Å². The summed E-state index contributed by atoms with van der Waals surface area (Å²) in [4.78, 5) is 18.4. The van der Waals surface area contributed by atoms with E-state index in [0.717, 1.165) is 11.1 Å². The minimum Gasteiger partial charge on any atom is -0.464 e. The molecule has 2 aliphatic heterocycles. The van der Waals surface area contributed by atoms with Crippen LogP contribution in [0.25, 0.3) is 0 Å². The second-order valence-electron chi connectivity index (χ2n) is 6.87. The van der Waals surface area contributed by atoms with Gasteiger partial charge in [-0.05, 0) is 18.1 Å². The predicted molar refractivity (Wildman–Crippen MR) is 95.8 cm³/mol. The number of ether oxygens (including phenoxy) is 2. The number of carbonyl (C=O) groups excluding carboxylic acids is 1. The van der Waals surface area contributed by atoms with Gasteiger partial charge in [-0.3, -0.25) is 9.63 Å². The van der Waals surface area contributed by atoms with E-state index in [4.69, 9.17) is 14.3 Å². The summed E-state index contributed by atoms with van der Waals surface area (Å²) in [6.07, 6.45) is -0.336. The molecule has 2 saturated heterocycles. The summed E-state index contributed by atoms with van der Waals surface area (Å²) < 4.78 is 11.4. The number of cyclic esters (lactones) is 1. The summed E-state index contributed by atoms with van der Waals surface area (Å²) in [6, 6.07) is 19.7. The van der Waals surface area contributed by atoms with E-state index in [1.807, 2.05) is 67.6 Å². The summed E-state index contributed by atoms with van der Waals surface area (Å²) >= 11 is 0. The first-order valence-corrected chi connectivity index (χ1v) is 9.02. The Balaban J connectivity index is 1.44. The standard InChI is InChI=1S/C21H23NO4/c1-15(24-13-17-10-6-3-7-11-17)20-18-14-25-21(23)19(18)22(26-20)12-16-8-4-2-5-9-16/h2-11,15,18-20H,12-14H2,1H3/t15-,18+,19-,20-/m0/s1. The second kappa shape index (κ2) is 7.58. The fourth-order valence-corrected chi connectivity index (χ4v) is 3.66. The molecule has 136 valence electrons. The second-order valence-corrected chi connectivity index (χ2v) is 6.87. The van der Waals surface area contributed by atoms with Crippen molar-refractivity contribution >= 4 is 5.97 Å². The van der Waals surface area contributed by atoms with Crippen LogP contribution in [0.4, 0.5) is 0 Å². The van der Waals surface area contributed by atoms with E-state index in [9.17, 15) is 4.79 Å². The van der Waals surface area contributed by atoms with Gasteiger partial charge in [0.05, 0.1) is 31.8 Å². The molecule has 2 aliphatic rings.